The summed E-state index contributed by atoms with van der Waals surface area (Å²) in [6, 6.07) is 10.0. The van der Waals surface area contributed by atoms with Crippen LogP contribution in [0.2, 0.25) is 0 Å². The second kappa shape index (κ2) is 4.10. The lowest BCUT2D eigenvalue weighted by molar-refractivity contribution is 0.578. The molecule has 1 aromatic carbocycles. The van der Waals surface area contributed by atoms with Crippen LogP contribution in [0.1, 0.15) is 25.3 Å². The third-order valence-corrected chi connectivity index (χ3v) is 3.92. The summed E-state index contributed by atoms with van der Waals surface area (Å²) < 4.78 is 0. The maximum absolute atomic E-state index is 3.67. The van der Waals surface area contributed by atoms with Crippen LogP contribution in [0.3, 0.4) is 0 Å². The molecule has 16 heavy (non-hydrogen) atoms. The van der Waals surface area contributed by atoms with Crippen LogP contribution in [0.25, 0.3) is 0 Å². The van der Waals surface area contributed by atoms with Crippen molar-refractivity contribution >= 4 is 5.69 Å². The Morgan fingerprint density at radius 1 is 1.38 bits per heavy atom. The fraction of sp³-hybridized carbons (Fsp3) is 0.571. The highest BCUT2D eigenvalue weighted by Gasteiger charge is 2.35. The van der Waals surface area contributed by atoms with Gasteiger partial charge in [-0.3, -0.25) is 0 Å². The fourth-order valence-electron chi connectivity index (χ4n) is 2.74. The fourth-order valence-corrected chi connectivity index (χ4v) is 2.74. The number of anilines is 1. The average molecular weight is 216 g/mol. The number of para-hydroxylation sites is 1. The molecule has 3 unspecified atom stereocenters. The molecule has 86 valence electrons. The third kappa shape index (κ3) is 1.94. The molecule has 0 aromatic heterocycles. The van der Waals surface area contributed by atoms with Crippen LogP contribution in [0.15, 0.2) is 24.3 Å². The van der Waals surface area contributed by atoms with Gasteiger partial charge in [0, 0.05) is 24.3 Å². The van der Waals surface area contributed by atoms with Crippen molar-refractivity contribution < 1.29 is 0 Å². The summed E-state index contributed by atoms with van der Waals surface area (Å²) in [4.78, 5) is 0. The van der Waals surface area contributed by atoms with Gasteiger partial charge in [-0.25, -0.2) is 0 Å². The van der Waals surface area contributed by atoms with Crippen molar-refractivity contribution in [3.63, 3.8) is 0 Å². The Balaban J connectivity index is 1.49. The molecular weight excluding hydrogens is 196 g/mol. The molecular formula is C14H20N2. The maximum Gasteiger partial charge on any atom is 0.0427 e. The summed E-state index contributed by atoms with van der Waals surface area (Å²) >= 11 is 0. The lowest BCUT2D eigenvalue weighted by atomic mass is 10.1. The van der Waals surface area contributed by atoms with Crippen LogP contribution < -0.4 is 10.6 Å². The minimum absolute atomic E-state index is 0.593. The molecule has 1 aliphatic carbocycles. The monoisotopic (exact) mass is 216 g/mol. The molecule has 0 bridgehead atoms. The first-order chi connectivity index (χ1) is 7.86. The number of rotatable bonds is 4. The quantitative estimate of drug-likeness (QED) is 0.807. The Bertz CT molecular complexity index is 350. The van der Waals surface area contributed by atoms with Gasteiger partial charge in [-0.1, -0.05) is 31.5 Å². The van der Waals surface area contributed by atoms with Gasteiger partial charge in [-0.05, 0) is 30.4 Å². The number of nitrogens with one attached hydrogen (secondary N) is 2. The molecule has 0 saturated heterocycles. The Labute approximate surface area is 97.4 Å². The van der Waals surface area contributed by atoms with Crippen LogP contribution in [0, 0.1) is 5.92 Å². The zero-order valence-corrected chi connectivity index (χ0v) is 9.87. The minimum atomic E-state index is 0.593. The lowest BCUT2D eigenvalue weighted by Crippen LogP contribution is -2.33. The predicted molar refractivity (Wildman–Crippen MR) is 67.7 cm³/mol. The van der Waals surface area contributed by atoms with E-state index in [4.69, 9.17) is 0 Å². The topological polar surface area (TPSA) is 24.1 Å². The molecule has 2 aliphatic rings. The van der Waals surface area contributed by atoms with Crippen LogP contribution in [-0.2, 0) is 6.42 Å². The second-order valence-electron chi connectivity index (χ2n) is 5.12. The molecule has 2 heteroatoms. The van der Waals surface area contributed by atoms with Gasteiger partial charge < -0.3 is 10.6 Å². The smallest absolute Gasteiger partial charge is 0.0427 e. The van der Waals surface area contributed by atoms with E-state index < -0.39 is 0 Å². The van der Waals surface area contributed by atoms with Gasteiger partial charge in [0.05, 0.1) is 0 Å². The van der Waals surface area contributed by atoms with E-state index in [1.807, 2.05) is 0 Å². The van der Waals surface area contributed by atoms with Gasteiger partial charge in [0.1, 0.15) is 0 Å². The van der Waals surface area contributed by atoms with Crippen molar-refractivity contribution in [1.29, 1.82) is 0 Å². The molecule has 1 saturated carbocycles. The van der Waals surface area contributed by atoms with Gasteiger partial charge in [0.25, 0.3) is 0 Å². The summed E-state index contributed by atoms with van der Waals surface area (Å²) in [5.41, 5.74) is 2.80. The van der Waals surface area contributed by atoms with Crippen LogP contribution in [0.5, 0.6) is 0 Å². The van der Waals surface area contributed by atoms with Crippen molar-refractivity contribution in [2.24, 2.45) is 5.92 Å². The molecule has 1 aliphatic heterocycles. The molecule has 1 fully saturated rings. The molecule has 3 atom stereocenters. The number of fused-ring (bicyclic) bond motifs is 1. The Morgan fingerprint density at radius 3 is 3.00 bits per heavy atom. The predicted octanol–water partition coefficient (Wildman–Crippen LogP) is 2.41. The van der Waals surface area contributed by atoms with Gasteiger partial charge >= 0.3 is 0 Å². The first-order valence-electron chi connectivity index (χ1n) is 6.44. The summed E-state index contributed by atoms with van der Waals surface area (Å²) in [7, 11) is 0. The van der Waals surface area contributed by atoms with E-state index in [0.717, 1.165) is 18.5 Å². The number of benzene rings is 1. The highest BCUT2D eigenvalue weighted by Crippen LogP contribution is 2.33. The SMILES string of the molecule is CCC1CC1NCC1Cc2ccccc2N1. The summed E-state index contributed by atoms with van der Waals surface area (Å²) in [6.45, 7) is 3.39. The Morgan fingerprint density at radius 2 is 2.25 bits per heavy atom. The summed E-state index contributed by atoms with van der Waals surface area (Å²) in [5.74, 6) is 0.948. The van der Waals surface area contributed by atoms with E-state index in [0.29, 0.717) is 6.04 Å². The van der Waals surface area contributed by atoms with Crippen molar-refractivity contribution in [2.75, 3.05) is 11.9 Å². The molecule has 2 nitrogen and oxygen atoms in total. The summed E-state index contributed by atoms with van der Waals surface area (Å²) in [6.07, 6.45) is 3.89. The molecule has 2 N–H and O–H groups in total. The van der Waals surface area contributed by atoms with Crippen molar-refractivity contribution in [3.05, 3.63) is 29.8 Å². The molecule has 0 spiro atoms. The largest absolute Gasteiger partial charge is 0.380 e. The standard InChI is InChI=1S/C14H20N2/c1-2-10-8-14(10)15-9-12-7-11-5-3-4-6-13(11)16-12/h3-6,10,12,14-16H,2,7-9H2,1H3. The highest BCUT2D eigenvalue weighted by molar-refractivity contribution is 5.56. The van der Waals surface area contributed by atoms with Crippen LogP contribution in [-0.4, -0.2) is 18.6 Å². The Kier molecular flexibility index (Phi) is 2.60. The van der Waals surface area contributed by atoms with Crippen molar-refractivity contribution in [2.45, 2.75) is 38.3 Å². The van der Waals surface area contributed by atoms with Crippen molar-refractivity contribution in [1.82, 2.24) is 5.32 Å². The second-order valence-corrected chi connectivity index (χ2v) is 5.12. The molecule has 0 amide bonds. The highest BCUT2D eigenvalue weighted by atomic mass is 15.0. The minimum Gasteiger partial charge on any atom is -0.380 e. The van der Waals surface area contributed by atoms with E-state index in [-0.39, 0.29) is 0 Å². The zero-order valence-electron chi connectivity index (χ0n) is 9.87. The zero-order chi connectivity index (χ0) is 11.0. The number of hydrogen-bond acceptors (Lipinski definition) is 2. The van der Waals surface area contributed by atoms with Gasteiger partial charge in [-0.15, -0.1) is 0 Å². The molecule has 1 heterocycles. The van der Waals surface area contributed by atoms with Crippen LogP contribution in [0.4, 0.5) is 5.69 Å². The third-order valence-electron chi connectivity index (χ3n) is 3.92. The van der Waals surface area contributed by atoms with E-state index in [1.165, 1.54) is 30.5 Å². The summed E-state index contributed by atoms with van der Waals surface area (Å²) in [5, 5.41) is 7.26. The maximum atomic E-state index is 3.67. The van der Waals surface area contributed by atoms with Gasteiger partial charge in [0.2, 0.25) is 0 Å². The Hall–Kier alpha value is -1.02. The van der Waals surface area contributed by atoms with E-state index >= 15 is 0 Å². The van der Waals surface area contributed by atoms with Crippen molar-refractivity contribution in [3.8, 4) is 0 Å². The van der Waals surface area contributed by atoms with E-state index in [1.54, 1.807) is 0 Å². The van der Waals surface area contributed by atoms with E-state index in [2.05, 4.69) is 41.8 Å². The molecule has 0 radical (unpaired) electrons. The number of hydrogen-bond donors (Lipinski definition) is 2. The van der Waals surface area contributed by atoms with Crippen LogP contribution >= 0.6 is 0 Å². The molecule has 1 aromatic rings. The first kappa shape index (κ1) is 10.2. The average Bonchev–Trinajstić information content (AvgIpc) is 2.95. The van der Waals surface area contributed by atoms with Gasteiger partial charge in [-0.2, -0.15) is 0 Å². The van der Waals surface area contributed by atoms with Gasteiger partial charge in [0.15, 0.2) is 0 Å². The molecule has 3 rings (SSSR count). The lowest BCUT2D eigenvalue weighted by Gasteiger charge is -2.12. The first-order valence-corrected chi connectivity index (χ1v) is 6.44. The normalized spacial score (nSPS) is 30.9. The van der Waals surface area contributed by atoms with E-state index in [9.17, 15) is 0 Å².